The number of hydrogen-bond donors (Lipinski definition) is 1. The van der Waals surface area contributed by atoms with Crippen molar-refractivity contribution in [2.45, 2.75) is 0 Å². The largest absolute Gasteiger partial charge is 0.545 e. The highest BCUT2D eigenvalue weighted by Crippen LogP contribution is 2.01. The third-order valence-electron chi connectivity index (χ3n) is 1.36. The Morgan fingerprint density at radius 3 is 1.21 bits per heavy atom. The van der Waals surface area contributed by atoms with Gasteiger partial charge in [0.15, 0.2) is 0 Å². The Morgan fingerprint density at radius 2 is 1.07 bits per heavy atom. The van der Waals surface area contributed by atoms with Crippen LogP contribution < -0.4 is 16.4 Å². The fourth-order valence-corrected chi connectivity index (χ4v) is 0.742. The monoisotopic (exact) mass is 219 g/mol. The molecule has 1 rings (SSSR count). The van der Waals surface area contributed by atoms with Gasteiger partial charge in [-0.1, -0.05) is 24.3 Å². The third kappa shape index (κ3) is 3.42. The molecule has 0 aliphatic rings. The van der Waals surface area contributed by atoms with Gasteiger partial charge in [-0.05, 0) is 11.1 Å². The van der Waals surface area contributed by atoms with Gasteiger partial charge in [-0.15, -0.1) is 0 Å². The molecule has 0 saturated carbocycles. The van der Waals surface area contributed by atoms with E-state index in [1.54, 1.807) is 0 Å². The molecule has 5 nitrogen and oxygen atoms in total. The SMILES string of the molecule is O=C([O-])c1ccc(C(=O)[O-])cc1.[ClH2+].[NH4+]. The number of benzene rings is 1. The third-order valence-corrected chi connectivity index (χ3v) is 1.36. The van der Waals surface area contributed by atoms with Crippen molar-refractivity contribution in [3.05, 3.63) is 35.4 Å². The van der Waals surface area contributed by atoms with E-state index in [9.17, 15) is 19.8 Å². The molecule has 14 heavy (non-hydrogen) atoms. The standard InChI is InChI=1S/C8H6O4.ClH2.H3N/c9-7(10)5-1-2-6(4-3-5)8(11)12;;/h1-4H,(H,9,10)(H,11,12);1H2;1H3/q;+1;/p-1. The molecule has 0 radical (unpaired) electrons. The van der Waals surface area contributed by atoms with Crippen molar-refractivity contribution < 1.29 is 32.2 Å². The van der Waals surface area contributed by atoms with Gasteiger partial charge >= 0.3 is 0 Å². The van der Waals surface area contributed by atoms with E-state index >= 15 is 0 Å². The fraction of sp³-hybridized carbons (Fsp3) is 0. The van der Waals surface area contributed by atoms with Crippen LogP contribution in [0.1, 0.15) is 20.7 Å². The molecule has 0 fully saturated rings. The summed E-state index contributed by atoms with van der Waals surface area (Å²) in [5.74, 6) is -2.67. The summed E-state index contributed by atoms with van der Waals surface area (Å²) in [6.07, 6.45) is 0. The second-order valence-corrected chi connectivity index (χ2v) is 2.15. The van der Waals surface area contributed by atoms with E-state index in [1.165, 1.54) is 0 Å². The first kappa shape index (κ1) is 14.9. The molecule has 0 atom stereocenters. The average molecular weight is 220 g/mol. The molecular weight excluding hydrogens is 210 g/mol. The Hall–Kier alpha value is -1.59. The number of rotatable bonds is 2. The lowest BCUT2D eigenvalue weighted by Crippen LogP contribution is -2.24. The number of hydrogen-bond acceptors (Lipinski definition) is 4. The summed E-state index contributed by atoms with van der Waals surface area (Å²) in [5.41, 5.74) is -0.111. The van der Waals surface area contributed by atoms with Gasteiger partial charge in [0.2, 0.25) is 0 Å². The summed E-state index contributed by atoms with van der Waals surface area (Å²) in [4.78, 5) is 20.4. The van der Waals surface area contributed by atoms with E-state index in [0.717, 1.165) is 24.3 Å². The average Bonchev–Trinajstić information content (AvgIpc) is 2.04. The lowest BCUT2D eigenvalue weighted by molar-refractivity contribution is -0.256. The topological polar surface area (TPSA) is 117 Å². The molecule has 0 aromatic heterocycles. The zero-order chi connectivity index (χ0) is 9.14. The minimum Gasteiger partial charge on any atom is -0.545 e. The number of halogens is 1. The highest BCUT2D eigenvalue weighted by Gasteiger charge is 1.94. The Balaban J connectivity index is 0. The van der Waals surface area contributed by atoms with Gasteiger partial charge in [0.1, 0.15) is 0 Å². The first-order valence-corrected chi connectivity index (χ1v) is 3.14. The van der Waals surface area contributed by atoms with Crippen molar-refractivity contribution in [3.63, 3.8) is 0 Å². The van der Waals surface area contributed by atoms with Gasteiger partial charge in [-0.3, -0.25) is 0 Å². The molecular formula is C8H10ClNO4. The second kappa shape index (κ2) is 5.95. The number of carbonyl (C=O) groups is 2. The first-order chi connectivity index (χ1) is 5.61. The zero-order valence-corrected chi connectivity index (χ0v) is 8.28. The normalized spacial score (nSPS) is 8.00. The summed E-state index contributed by atoms with van der Waals surface area (Å²) in [6.45, 7) is 0. The number of quaternary nitrogens is 1. The van der Waals surface area contributed by atoms with Crippen LogP contribution in [0.3, 0.4) is 0 Å². The quantitative estimate of drug-likeness (QED) is 0.635. The lowest BCUT2D eigenvalue weighted by atomic mass is 10.1. The predicted octanol–water partition coefficient (Wildman–Crippen LogP) is -1.75. The minimum absolute atomic E-state index is 0. The van der Waals surface area contributed by atoms with Crippen molar-refractivity contribution in [1.82, 2.24) is 6.15 Å². The molecule has 78 valence electrons. The van der Waals surface area contributed by atoms with Crippen molar-refractivity contribution in [2.24, 2.45) is 0 Å². The smallest absolute Gasteiger partial charge is 0.0903 e. The van der Waals surface area contributed by atoms with E-state index < -0.39 is 11.9 Å². The van der Waals surface area contributed by atoms with E-state index in [0.29, 0.717) is 0 Å². The maximum atomic E-state index is 10.2. The van der Waals surface area contributed by atoms with Crippen LogP contribution in [0.15, 0.2) is 24.3 Å². The number of carbonyl (C=O) groups excluding carboxylic acids is 2. The van der Waals surface area contributed by atoms with E-state index in [4.69, 9.17) is 0 Å². The van der Waals surface area contributed by atoms with Crippen LogP contribution in [0, 0.1) is 12.4 Å². The van der Waals surface area contributed by atoms with Crippen molar-refractivity contribution in [1.29, 1.82) is 0 Å². The van der Waals surface area contributed by atoms with Crippen LogP contribution >= 0.6 is 0 Å². The zero-order valence-electron chi connectivity index (χ0n) is 7.39. The Bertz CT molecular complexity index is 290. The highest BCUT2D eigenvalue weighted by molar-refractivity contribution is 5.89. The van der Waals surface area contributed by atoms with Crippen molar-refractivity contribution in [2.75, 3.05) is 0 Å². The summed E-state index contributed by atoms with van der Waals surface area (Å²) in [6, 6.07) is 4.61. The lowest BCUT2D eigenvalue weighted by Gasteiger charge is -2.04. The van der Waals surface area contributed by atoms with Gasteiger partial charge in [-0.2, -0.15) is 0 Å². The summed E-state index contributed by atoms with van der Waals surface area (Å²) in [5, 5.41) is 20.4. The maximum Gasteiger partial charge on any atom is 0.0903 e. The van der Waals surface area contributed by atoms with Gasteiger partial charge < -0.3 is 26.0 Å². The molecule has 0 aliphatic heterocycles. The number of carboxylic acids is 2. The van der Waals surface area contributed by atoms with Gasteiger partial charge in [-0.25, -0.2) is 0 Å². The molecule has 0 saturated heterocycles. The van der Waals surface area contributed by atoms with Crippen LogP contribution in [0.25, 0.3) is 0 Å². The van der Waals surface area contributed by atoms with Crippen molar-refractivity contribution in [3.8, 4) is 0 Å². The molecule has 0 aliphatic carbocycles. The van der Waals surface area contributed by atoms with Crippen LogP contribution in [0.2, 0.25) is 0 Å². The van der Waals surface area contributed by atoms with Crippen LogP contribution in [0.4, 0.5) is 0 Å². The number of carboxylic acid groups (broad SMARTS) is 2. The molecule has 1 aromatic carbocycles. The summed E-state index contributed by atoms with van der Waals surface area (Å²) in [7, 11) is 0. The Kier molecular flexibility index (Phi) is 6.34. The molecule has 0 bridgehead atoms. The Morgan fingerprint density at radius 1 is 0.857 bits per heavy atom. The van der Waals surface area contributed by atoms with Gasteiger partial charge in [0.25, 0.3) is 0 Å². The van der Waals surface area contributed by atoms with Gasteiger partial charge in [0, 0.05) is 0 Å². The Labute approximate surface area is 86.4 Å². The molecule has 0 spiro atoms. The summed E-state index contributed by atoms with van der Waals surface area (Å²) < 4.78 is 0. The minimum atomic E-state index is -1.33. The maximum absolute atomic E-state index is 10.2. The molecule has 4 N–H and O–H groups in total. The molecule has 0 amide bonds. The highest BCUT2D eigenvalue weighted by atomic mass is 35.5. The molecule has 0 heterocycles. The predicted molar refractivity (Wildman–Crippen MR) is 43.9 cm³/mol. The van der Waals surface area contributed by atoms with E-state index in [2.05, 4.69) is 0 Å². The van der Waals surface area contributed by atoms with E-state index in [1.807, 2.05) is 0 Å². The van der Waals surface area contributed by atoms with Crippen LogP contribution in [0.5, 0.6) is 0 Å². The van der Waals surface area contributed by atoms with Crippen LogP contribution in [-0.2, 0) is 0 Å². The number of aromatic carboxylic acids is 2. The van der Waals surface area contributed by atoms with Crippen LogP contribution in [-0.4, -0.2) is 11.9 Å². The molecule has 6 heteroatoms. The van der Waals surface area contributed by atoms with E-state index in [-0.39, 0.29) is 29.7 Å². The first-order valence-electron chi connectivity index (χ1n) is 3.14. The fourth-order valence-electron chi connectivity index (χ4n) is 0.742. The second-order valence-electron chi connectivity index (χ2n) is 2.15. The molecule has 0 unspecified atom stereocenters. The summed E-state index contributed by atoms with van der Waals surface area (Å²) >= 11 is 0. The molecule has 1 aromatic rings. The van der Waals surface area contributed by atoms with Gasteiger partial charge in [0.05, 0.1) is 24.3 Å². The van der Waals surface area contributed by atoms with Crippen molar-refractivity contribution >= 4 is 11.9 Å².